The fourth-order valence-corrected chi connectivity index (χ4v) is 2.38. The molecule has 2 aromatic rings. The highest BCUT2D eigenvalue weighted by Gasteiger charge is 2.26. The average molecular weight is 367 g/mol. The number of rotatable bonds is 6. The Labute approximate surface area is 155 Å². The van der Waals surface area contributed by atoms with Crippen molar-refractivity contribution in [1.29, 1.82) is 5.26 Å². The molecule has 8 nitrogen and oxygen atoms in total. The van der Waals surface area contributed by atoms with Crippen LogP contribution in [0.25, 0.3) is 0 Å². The van der Waals surface area contributed by atoms with Crippen molar-refractivity contribution in [2.45, 2.75) is 6.10 Å². The number of carbonyl (C=O) groups is 1. The second-order valence-electron chi connectivity index (χ2n) is 5.46. The van der Waals surface area contributed by atoms with Crippen molar-refractivity contribution in [3.8, 4) is 29.1 Å². The van der Waals surface area contributed by atoms with Gasteiger partial charge in [0, 0.05) is 0 Å². The standard InChI is InChI=1S/C19H17N3O5/c1-24-17-10-13(6-7-15(17)25-9-8-20)11-21-22-19(23)18-12-26-14-4-2-3-5-16(14)27-18/h2-7,10-11,18H,9,12H2,1H3,(H,22,23)/b21-11-/t18-/m0/s1. The van der Waals surface area contributed by atoms with E-state index in [1.54, 1.807) is 36.4 Å². The number of amides is 1. The molecule has 0 saturated heterocycles. The zero-order chi connectivity index (χ0) is 19.1. The minimum Gasteiger partial charge on any atom is -0.493 e. The molecule has 0 aromatic heterocycles. The summed E-state index contributed by atoms with van der Waals surface area (Å²) in [5.41, 5.74) is 3.11. The molecule has 0 bridgehead atoms. The van der Waals surface area contributed by atoms with Crippen LogP contribution in [-0.2, 0) is 4.79 Å². The molecule has 1 heterocycles. The van der Waals surface area contributed by atoms with Crippen molar-refractivity contribution in [2.24, 2.45) is 5.10 Å². The number of methoxy groups -OCH3 is 1. The van der Waals surface area contributed by atoms with Crippen LogP contribution in [0.1, 0.15) is 5.56 Å². The molecule has 8 heteroatoms. The quantitative estimate of drug-likeness (QED) is 0.618. The third-order valence-electron chi connectivity index (χ3n) is 3.67. The van der Waals surface area contributed by atoms with E-state index in [0.717, 1.165) is 0 Å². The van der Waals surface area contributed by atoms with Crippen molar-refractivity contribution in [1.82, 2.24) is 5.43 Å². The topological polar surface area (TPSA) is 102 Å². The summed E-state index contributed by atoms with van der Waals surface area (Å²) < 4.78 is 21.6. The maximum Gasteiger partial charge on any atom is 0.284 e. The number of para-hydroxylation sites is 2. The summed E-state index contributed by atoms with van der Waals surface area (Å²) in [7, 11) is 1.50. The Morgan fingerprint density at radius 1 is 1.33 bits per heavy atom. The molecule has 138 valence electrons. The summed E-state index contributed by atoms with van der Waals surface area (Å²) in [6.07, 6.45) is 0.680. The van der Waals surface area contributed by atoms with Crippen LogP contribution in [0, 0.1) is 11.3 Å². The third-order valence-corrected chi connectivity index (χ3v) is 3.67. The number of carbonyl (C=O) groups excluding carboxylic acids is 1. The van der Waals surface area contributed by atoms with Gasteiger partial charge in [-0.3, -0.25) is 4.79 Å². The van der Waals surface area contributed by atoms with Crippen molar-refractivity contribution in [3.63, 3.8) is 0 Å². The molecule has 1 amide bonds. The van der Waals surface area contributed by atoms with E-state index in [4.69, 9.17) is 24.2 Å². The molecule has 0 saturated carbocycles. The molecule has 1 aliphatic rings. The van der Waals surface area contributed by atoms with Crippen LogP contribution in [0.4, 0.5) is 0 Å². The molecule has 0 radical (unpaired) electrons. The predicted molar refractivity (Wildman–Crippen MR) is 96.2 cm³/mol. The van der Waals surface area contributed by atoms with Gasteiger partial charge in [-0.1, -0.05) is 12.1 Å². The molecular formula is C19H17N3O5. The van der Waals surface area contributed by atoms with Crippen LogP contribution in [0.15, 0.2) is 47.6 Å². The minimum absolute atomic E-state index is 0.0769. The third kappa shape index (κ3) is 4.46. The number of hydrogen-bond donors (Lipinski definition) is 1. The van der Waals surface area contributed by atoms with E-state index in [9.17, 15) is 4.79 Å². The number of hydrogen-bond acceptors (Lipinski definition) is 7. The second kappa shape index (κ2) is 8.58. The molecule has 0 aliphatic carbocycles. The van der Waals surface area contributed by atoms with Crippen LogP contribution < -0.4 is 24.4 Å². The van der Waals surface area contributed by atoms with Gasteiger partial charge in [0.1, 0.15) is 12.7 Å². The Bertz CT molecular complexity index is 891. The Morgan fingerprint density at radius 2 is 2.15 bits per heavy atom. The summed E-state index contributed by atoms with van der Waals surface area (Å²) in [6.45, 7) is 0.0313. The van der Waals surface area contributed by atoms with Crippen molar-refractivity contribution in [3.05, 3.63) is 48.0 Å². The largest absolute Gasteiger partial charge is 0.493 e. The van der Waals surface area contributed by atoms with Crippen LogP contribution in [0.3, 0.4) is 0 Å². The lowest BCUT2D eigenvalue weighted by Gasteiger charge is -2.24. The second-order valence-corrected chi connectivity index (χ2v) is 5.46. The van der Waals surface area contributed by atoms with Crippen LogP contribution in [0.5, 0.6) is 23.0 Å². The van der Waals surface area contributed by atoms with E-state index in [1.165, 1.54) is 13.3 Å². The number of nitrogens with zero attached hydrogens (tertiary/aromatic N) is 2. The number of fused-ring (bicyclic) bond motifs is 1. The highest BCUT2D eigenvalue weighted by atomic mass is 16.6. The smallest absolute Gasteiger partial charge is 0.284 e. The van der Waals surface area contributed by atoms with Gasteiger partial charge in [-0.2, -0.15) is 10.4 Å². The molecule has 1 N–H and O–H groups in total. The number of benzene rings is 2. The van der Waals surface area contributed by atoms with Gasteiger partial charge in [-0.25, -0.2) is 5.43 Å². The molecule has 3 rings (SSSR count). The molecule has 1 atom stereocenters. The number of ether oxygens (including phenoxy) is 4. The lowest BCUT2D eigenvalue weighted by atomic mass is 10.2. The molecule has 0 unspecified atom stereocenters. The molecular weight excluding hydrogens is 350 g/mol. The predicted octanol–water partition coefficient (Wildman–Crippen LogP) is 1.89. The van der Waals surface area contributed by atoms with Crippen LogP contribution in [-0.4, -0.2) is 38.5 Å². The number of nitriles is 1. The van der Waals surface area contributed by atoms with Crippen molar-refractivity contribution >= 4 is 12.1 Å². The lowest BCUT2D eigenvalue weighted by Crippen LogP contribution is -2.42. The van der Waals surface area contributed by atoms with Gasteiger partial charge in [-0.15, -0.1) is 0 Å². The van der Waals surface area contributed by atoms with E-state index < -0.39 is 12.0 Å². The average Bonchev–Trinajstić information content (AvgIpc) is 2.72. The first kappa shape index (κ1) is 18.1. The maximum absolute atomic E-state index is 12.2. The summed E-state index contributed by atoms with van der Waals surface area (Å²) in [5, 5.41) is 12.5. The first-order chi connectivity index (χ1) is 13.2. The van der Waals surface area contributed by atoms with E-state index in [-0.39, 0.29) is 13.2 Å². The highest BCUT2D eigenvalue weighted by molar-refractivity contribution is 5.85. The van der Waals surface area contributed by atoms with E-state index in [0.29, 0.717) is 28.6 Å². The van der Waals surface area contributed by atoms with E-state index >= 15 is 0 Å². The number of nitrogens with one attached hydrogen (secondary N) is 1. The normalized spacial score (nSPS) is 15.0. The van der Waals surface area contributed by atoms with E-state index in [1.807, 2.05) is 12.1 Å². The Morgan fingerprint density at radius 3 is 2.93 bits per heavy atom. The van der Waals surface area contributed by atoms with Gasteiger partial charge in [0.25, 0.3) is 5.91 Å². The molecule has 2 aromatic carbocycles. The summed E-state index contributed by atoms with van der Waals surface area (Å²) in [4.78, 5) is 12.2. The fourth-order valence-electron chi connectivity index (χ4n) is 2.38. The summed E-state index contributed by atoms with van der Waals surface area (Å²) in [5.74, 6) is 1.62. The van der Waals surface area contributed by atoms with Crippen LogP contribution >= 0.6 is 0 Å². The van der Waals surface area contributed by atoms with Gasteiger partial charge >= 0.3 is 0 Å². The first-order valence-electron chi connectivity index (χ1n) is 8.10. The zero-order valence-electron chi connectivity index (χ0n) is 14.5. The zero-order valence-corrected chi connectivity index (χ0v) is 14.5. The monoisotopic (exact) mass is 367 g/mol. The Balaban J connectivity index is 1.59. The lowest BCUT2D eigenvalue weighted by molar-refractivity contribution is -0.130. The van der Waals surface area contributed by atoms with Crippen LogP contribution in [0.2, 0.25) is 0 Å². The van der Waals surface area contributed by atoms with Gasteiger partial charge in [0.05, 0.1) is 13.3 Å². The van der Waals surface area contributed by atoms with E-state index in [2.05, 4.69) is 10.5 Å². The van der Waals surface area contributed by atoms with Gasteiger partial charge in [0.15, 0.2) is 29.6 Å². The highest BCUT2D eigenvalue weighted by Crippen LogP contribution is 2.31. The molecule has 0 spiro atoms. The maximum atomic E-state index is 12.2. The van der Waals surface area contributed by atoms with Gasteiger partial charge in [-0.05, 0) is 35.9 Å². The van der Waals surface area contributed by atoms with Crippen molar-refractivity contribution < 1.29 is 23.7 Å². The fraction of sp³-hybridized carbons (Fsp3) is 0.211. The summed E-state index contributed by atoms with van der Waals surface area (Å²) in [6, 6.07) is 14.1. The Kier molecular flexibility index (Phi) is 5.74. The minimum atomic E-state index is -0.784. The first-order valence-corrected chi connectivity index (χ1v) is 8.10. The molecule has 0 fully saturated rings. The summed E-state index contributed by atoms with van der Waals surface area (Å²) >= 11 is 0. The van der Waals surface area contributed by atoms with Crippen molar-refractivity contribution in [2.75, 3.05) is 20.3 Å². The van der Waals surface area contributed by atoms with Gasteiger partial charge in [0.2, 0.25) is 6.10 Å². The SMILES string of the molecule is COc1cc(/C=N\NC(=O)[C@@H]2COc3ccccc3O2)ccc1OCC#N. The molecule has 27 heavy (non-hydrogen) atoms. The Hall–Kier alpha value is -3.73. The number of hydrazone groups is 1. The van der Waals surface area contributed by atoms with Gasteiger partial charge < -0.3 is 18.9 Å². The molecule has 1 aliphatic heterocycles.